The first-order chi connectivity index (χ1) is 13.5. The maximum absolute atomic E-state index is 12.8. The van der Waals surface area contributed by atoms with E-state index >= 15 is 0 Å². The molecule has 1 heterocycles. The van der Waals surface area contributed by atoms with Gasteiger partial charge < -0.3 is 15.5 Å². The van der Waals surface area contributed by atoms with Gasteiger partial charge in [-0.3, -0.25) is 9.59 Å². The van der Waals surface area contributed by atoms with Gasteiger partial charge in [0.1, 0.15) is 0 Å². The molecule has 1 aliphatic rings. The molecule has 4 rings (SSSR count). The molecule has 0 unspecified atom stereocenters. The Morgan fingerprint density at radius 3 is 2.54 bits per heavy atom. The lowest BCUT2D eigenvalue weighted by atomic mass is 9.95. The number of carbonyl (C=O) groups is 2. The van der Waals surface area contributed by atoms with Crippen molar-refractivity contribution in [1.29, 1.82) is 0 Å². The number of hydrogen-bond acceptors (Lipinski definition) is 3. The zero-order chi connectivity index (χ0) is 19.7. The van der Waals surface area contributed by atoms with Crippen molar-refractivity contribution in [2.24, 2.45) is 0 Å². The predicted octanol–water partition coefficient (Wildman–Crippen LogP) is 3.92. The highest BCUT2D eigenvalue weighted by molar-refractivity contribution is 6.11. The van der Waals surface area contributed by atoms with Gasteiger partial charge >= 0.3 is 0 Å². The van der Waals surface area contributed by atoms with Crippen LogP contribution in [0.2, 0.25) is 0 Å². The second-order valence-corrected chi connectivity index (χ2v) is 6.96. The molecular weight excluding hydrogens is 350 g/mol. The van der Waals surface area contributed by atoms with Crippen molar-refractivity contribution in [3.63, 3.8) is 0 Å². The Bertz CT molecular complexity index is 1060. The standard InChI is InChI=1S/C23H21N3O2/c1-26(2)17-10-6-9-16(13-17)22(27)25-20-12-11-18(15-7-4-3-5-8-15)19-14-24-23(28)21(19)20/h3-13H,14H2,1-2H3,(H,24,28)(H,25,27). The Kier molecular flexibility index (Phi) is 4.57. The predicted molar refractivity (Wildman–Crippen MR) is 112 cm³/mol. The summed E-state index contributed by atoms with van der Waals surface area (Å²) in [6.07, 6.45) is 0. The summed E-state index contributed by atoms with van der Waals surface area (Å²) in [6.45, 7) is 0.457. The number of amides is 2. The summed E-state index contributed by atoms with van der Waals surface area (Å²) < 4.78 is 0. The molecule has 5 nitrogen and oxygen atoms in total. The van der Waals surface area contributed by atoms with Crippen LogP contribution in [-0.4, -0.2) is 25.9 Å². The molecule has 3 aromatic rings. The van der Waals surface area contributed by atoms with E-state index in [1.165, 1.54) is 0 Å². The molecule has 0 radical (unpaired) electrons. The van der Waals surface area contributed by atoms with Crippen molar-refractivity contribution < 1.29 is 9.59 Å². The zero-order valence-electron chi connectivity index (χ0n) is 15.8. The molecule has 140 valence electrons. The van der Waals surface area contributed by atoms with Gasteiger partial charge in [-0.15, -0.1) is 0 Å². The number of nitrogens with one attached hydrogen (secondary N) is 2. The maximum atomic E-state index is 12.8. The van der Waals surface area contributed by atoms with Crippen molar-refractivity contribution in [3.05, 3.63) is 83.4 Å². The topological polar surface area (TPSA) is 61.4 Å². The number of anilines is 2. The number of fused-ring (bicyclic) bond motifs is 1. The van der Waals surface area contributed by atoms with Crippen LogP contribution in [0.1, 0.15) is 26.3 Å². The molecule has 28 heavy (non-hydrogen) atoms. The van der Waals surface area contributed by atoms with E-state index in [1.807, 2.05) is 73.6 Å². The van der Waals surface area contributed by atoms with Gasteiger partial charge in [0.05, 0.1) is 11.3 Å². The summed E-state index contributed by atoms with van der Waals surface area (Å²) >= 11 is 0. The highest BCUT2D eigenvalue weighted by atomic mass is 16.2. The van der Waals surface area contributed by atoms with Gasteiger partial charge in [0.25, 0.3) is 11.8 Å². The van der Waals surface area contributed by atoms with E-state index in [9.17, 15) is 9.59 Å². The molecule has 2 amide bonds. The van der Waals surface area contributed by atoms with Crippen LogP contribution < -0.4 is 15.5 Å². The minimum atomic E-state index is -0.238. The van der Waals surface area contributed by atoms with Crippen molar-refractivity contribution >= 4 is 23.2 Å². The van der Waals surface area contributed by atoms with Gasteiger partial charge in [0.2, 0.25) is 0 Å². The summed E-state index contributed by atoms with van der Waals surface area (Å²) in [5.74, 6) is -0.400. The monoisotopic (exact) mass is 371 g/mol. The van der Waals surface area contributed by atoms with Gasteiger partial charge in [-0.25, -0.2) is 0 Å². The minimum Gasteiger partial charge on any atom is -0.378 e. The number of carbonyl (C=O) groups excluding carboxylic acids is 2. The zero-order valence-corrected chi connectivity index (χ0v) is 15.8. The Balaban J connectivity index is 1.70. The van der Waals surface area contributed by atoms with Crippen molar-refractivity contribution in [1.82, 2.24) is 5.32 Å². The van der Waals surface area contributed by atoms with E-state index in [0.29, 0.717) is 23.4 Å². The van der Waals surface area contributed by atoms with E-state index < -0.39 is 0 Å². The van der Waals surface area contributed by atoms with Crippen molar-refractivity contribution in [3.8, 4) is 11.1 Å². The quantitative estimate of drug-likeness (QED) is 0.731. The van der Waals surface area contributed by atoms with Crippen molar-refractivity contribution in [2.45, 2.75) is 6.54 Å². The van der Waals surface area contributed by atoms with Crippen LogP contribution in [0.4, 0.5) is 11.4 Å². The lowest BCUT2D eigenvalue weighted by Gasteiger charge is -2.15. The SMILES string of the molecule is CN(C)c1cccc(C(=O)Nc2ccc(-c3ccccc3)c3c2C(=O)NC3)c1. The molecule has 0 aliphatic carbocycles. The van der Waals surface area contributed by atoms with E-state index in [0.717, 1.165) is 22.4 Å². The second-order valence-electron chi connectivity index (χ2n) is 6.96. The van der Waals surface area contributed by atoms with E-state index in [2.05, 4.69) is 10.6 Å². The van der Waals surface area contributed by atoms with Crippen LogP contribution in [0.25, 0.3) is 11.1 Å². The van der Waals surface area contributed by atoms with Crippen LogP contribution in [-0.2, 0) is 6.54 Å². The van der Waals surface area contributed by atoms with Gasteiger partial charge in [-0.2, -0.15) is 0 Å². The highest BCUT2D eigenvalue weighted by Crippen LogP contribution is 2.34. The van der Waals surface area contributed by atoms with Gasteiger partial charge in [0.15, 0.2) is 0 Å². The molecule has 3 aromatic carbocycles. The van der Waals surface area contributed by atoms with Crippen LogP contribution in [0.3, 0.4) is 0 Å². The Labute approximate surface area is 164 Å². The normalized spacial score (nSPS) is 12.3. The Morgan fingerprint density at radius 1 is 1.00 bits per heavy atom. The minimum absolute atomic E-state index is 0.162. The van der Waals surface area contributed by atoms with E-state index in [-0.39, 0.29) is 11.8 Å². The molecular formula is C23H21N3O2. The molecule has 0 atom stereocenters. The van der Waals surface area contributed by atoms with E-state index in [1.54, 1.807) is 12.1 Å². The first-order valence-electron chi connectivity index (χ1n) is 9.13. The molecule has 1 aliphatic heterocycles. The third-order valence-corrected chi connectivity index (χ3v) is 4.92. The van der Waals surface area contributed by atoms with Crippen LogP contribution in [0.5, 0.6) is 0 Å². The number of hydrogen-bond donors (Lipinski definition) is 2. The largest absolute Gasteiger partial charge is 0.378 e. The fourth-order valence-electron chi connectivity index (χ4n) is 3.46. The summed E-state index contributed by atoms with van der Waals surface area (Å²) in [6, 6.07) is 21.1. The fourth-order valence-corrected chi connectivity index (χ4v) is 3.46. The average molecular weight is 371 g/mol. The van der Waals surface area contributed by atoms with Crippen LogP contribution in [0, 0.1) is 0 Å². The lowest BCUT2D eigenvalue weighted by molar-refractivity contribution is 0.0966. The van der Waals surface area contributed by atoms with Gasteiger partial charge in [-0.1, -0.05) is 42.5 Å². The number of rotatable bonds is 4. The first-order valence-corrected chi connectivity index (χ1v) is 9.13. The molecule has 0 aromatic heterocycles. The first kappa shape index (κ1) is 17.8. The Hall–Kier alpha value is -3.60. The van der Waals surface area contributed by atoms with Gasteiger partial charge in [-0.05, 0) is 41.0 Å². The van der Waals surface area contributed by atoms with Crippen LogP contribution >= 0.6 is 0 Å². The molecule has 2 N–H and O–H groups in total. The van der Waals surface area contributed by atoms with E-state index in [4.69, 9.17) is 0 Å². The number of benzene rings is 3. The fraction of sp³-hybridized carbons (Fsp3) is 0.130. The Morgan fingerprint density at radius 2 is 1.79 bits per heavy atom. The second kappa shape index (κ2) is 7.19. The summed E-state index contributed by atoms with van der Waals surface area (Å²) in [7, 11) is 3.85. The highest BCUT2D eigenvalue weighted by Gasteiger charge is 2.26. The molecule has 0 fully saturated rings. The summed E-state index contributed by atoms with van der Waals surface area (Å²) in [5, 5.41) is 5.79. The number of nitrogens with zero attached hydrogens (tertiary/aromatic N) is 1. The summed E-state index contributed by atoms with van der Waals surface area (Å²) in [5.41, 5.74) is 5.52. The molecule has 0 saturated carbocycles. The van der Waals surface area contributed by atoms with Gasteiger partial charge in [0, 0.05) is 31.9 Å². The third-order valence-electron chi connectivity index (χ3n) is 4.92. The average Bonchev–Trinajstić information content (AvgIpc) is 3.11. The molecule has 0 bridgehead atoms. The third kappa shape index (κ3) is 3.22. The summed E-state index contributed by atoms with van der Waals surface area (Å²) in [4.78, 5) is 27.2. The van der Waals surface area contributed by atoms with Crippen molar-refractivity contribution in [2.75, 3.05) is 24.3 Å². The maximum Gasteiger partial charge on any atom is 0.255 e. The lowest BCUT2D eigenvalue weighted by Crippen LogP contribution is -2.18. The van der Waals surface area contributed by atoms with Crippen LogP contribution in [0.15, 0.2) is 66.7 Å². The molecule has 0 saturated heterocycles. The smallest absolute Gasteiger partial charge is 0.255 e. The molecule has 5 heteroatoms. The molecule has 0 spiro atoms.